The van der Waals surface area contributed by atoms with Crippen LogP contribution in [0.4, 0.5) is 0 Å². The minimum Gasteiger partial charge on any atom is -0.493 e. The second-order valence-electron chi connectivity index (χ2n) is 4.82. The van der Waals surface area contributed by atoms with Crippen LogP contribution in [0.15, 0.2) is 23.2 Å². The minimum atomic E-state index is 0. The molecule has 1 aliphatic rings. The minimum absolute atomic E-state index is 0. The summed E-state index contributed by atoms with van der Waals surface area (Å²) >= 11 is 0. The van der Waals surface area contributed by atoms with E-state index in [1.807, 2.05) is 0 Å². The lowest BCUT2D eigenvalue weighted by Gasteiger charge is -2.13. The SMILES string of the molecule is COCCCOc1cc(C)ccc1CNC1=NCCN1.I. The standard InChI is InChI=1S/C15H23N3O2.HI/c1-12-4-5-13(11-18-15-16-6-7-17-15)14(10-12)20-9-3-8-19-2;/h4-5,10H,3,6-9,11H2,1-2H3,(H2,16,17,18);1H. The Morgan fingerprint density at radius 1 is 1.33 bits per heavy atom. The van der Waals surface area contributed by atoms with Gasteiger partial charge in [0.05, 0.1) is 13.2 Å². The number of aliphatic imine (C=N–C) groups is 1. The normalized spacial score (nSPS) is 13.1. The molecule has 0 spiro atoms. The van der Waals surface area contributed by atoms with E-state index < -0.39 is 0 Å². The zero-order valence-corrected chi connectivity index (χ0v) is 15.0. The Labute approximate surface area is 143 Å². The first-order valence-electron chi connectivity index (χ1n) is 7.03. The highest BCUT2D eigenvalue weighted by Gasteiger charge is 2.08. The summed E-state index contributed by atoms with van der Waals surface area (Å²) in [7, 11) is 1.71. The molecule has 0 bridgehead atoms. The molecular weight excluding hydrogens is 381 g/mol. The van der Waals surface area contributed by atoms with Crippen molar-refractivity contribution in [3.05, 3.63) is 29.3 Å². The molecule has 118 valence electrons. The van der Waals surface area contributed by atoms with E-state index in [4.69, 9.17) is 9.47 Å². The molecule has 0 radical (unpaired) electrons. The van der Waals surface area contributed by atoms with Crippen LogP contribution in [-0.2, 0) is 11.3 Å². The van der Waals surface area contributed by atoms with E-state index in [0.29, 0.717) is 13.2 Å². The molecule has 0 saturated carbocycles. The smallest absolute Gasteiger partial charge is 0.191 e. The third-order valence-electron chi connectivity index (χ3n) is 3.09. The summed E-state index contributed by atoms with van der Waals surface area (Å²) in [6.07, 6.45) is 0.894. The monoisotopic (exact) mass is 405 g/mol. The molecule has 1 aromatic rings. The fourth-order valence-electron chi connectivity index (χ4n) is 2.02. The first kappa shape index (κ1) is 18.0. The van der Waals surface area contributed by atoms with Gasteiger partial charge in [-0.05, 0) is 18.6 Å². The number of methoxy groups -OCH3 is 1. The molecule has 5 nitrogen and oxygen atoms in total. The molecule has 0 atom stereocenters. The van der Waals surface area contributed by atoms with Crippen molar-refractivity contribution in [2.24, 2.45) is 4.99 Å². The van der Waals surface area contributed by atoms with E-state index in [-0.39, 0.29) is 24.0 Å². The molecular formula is C15H24IN3O2. The zero-order chi connectivity index (χ0) is 14.2. The molecule has 0 aromatic heterocycles. The maximum atomic E-state index is 5.85. The Balaban J connectivity index is 0.00000220. The lowest BCUT2D eigenvalue weighted by Crippen LogP contribution is -2.33. The third-order valence-corrected chi connectivity index (χ3v) is 3.09. The van der Waals surface area contributed by atoms with Crippen molar-refractivity contribution >= 4 is 29.9 Å². The molecule has 0 saturated heterocycles. The quantitative estimate of drug-likeness (QED) is 0.539. The summed E-state index contributed by atoms with van der Waals surface area (Å²) in [5.74, 6) is 1.81. The number of nitrogens with one attached hydrogen (secondary N) is 2. The van der Waals surface area contributed by atoms with Crippen LogP contribution in [0.2, 0.25) is 0 Å². The summed E-state index contributed by atoms with van der Waals surface area (Å²) < 4.78 is 10.9. The number of halogens is 1. The largest absolute Gasteiger partial charge is 0.493 e. The summed E-state index contributed by atoms with van der Waals surface area (Å²) in [6.45, 7) is 5.93. The van der Waals surface area contributed by atoms with Crippen LogP contribution in [-0.4, -0.2) is 39.4 Å². The number of guanidine groups is 1. The maximum Gasteiger partial charge on any atom is 0.191 e. The first-order valence-corrected chi connectivity index (χ1v) is 7.03. The van der Waals surface area contributed by atoms with Crippen LogP contribution in [0.1, 0.15) is 17.5 Å². The second-order valence-corrected chi connectivity index (χ2v) is 4.82. The van der Waals surface area contributed by atoms with Crippen LogP contribution in [0.3, 0.4) is 0 Å². The van der Waals surface area contributed by atoms with Crippen LogP contribution in [0, 0.1) is 6.92 Å². The molecule has 21 heavy (non-hydrogen) atoms. The molecule has 1 heterocycles. The molecule has 0 fully saturated rings. The van der Waals surface area contributed by atoms with Gasteiger partial charge < -0.3 is 20.1 Å². The highest BCUT2D eigenvalue weighted by molar-refractivity contribution is 14.0. The average molecular weight is 405 g/mol. The van der Waals surface area contributed by atoms with Gasteiger partial charge in [-0.1, -0.05) is 12.1 Å². The van der Waals surface area contributed by atoms with Crippen molar-refractivity contribution in [1.82, 2.24) is 10.6 Å². The molecule has 2 N–H and O–H groups in total. The van der Waals surface area contributed by atoms with E-state index >= 15 is 0 Å². The van der Waals surface area contributed by atoms with Gasteiger partial charge in [-0.2, -0.15) is 0 Å². The number of rotatable bonds is 7. The molecule has 2 rings (SSSR count). The van der Waals surface area contributed by atoms with Gasteiger partial charge in [0.2, 0.25) is 0 Å². The van der Waals surface area contributed by atoms with Crippen molar-refractivity contribution in [2.75, 3.05) is 33.4 Å². The number of benzene rings is 1. The number of hydrogen-bond acceptors (Lipinski definition) is 5. The van der Waals surface area contributed by atoms with Crippen LogP contribution in [0.25, 0.3) is 0 Å². The van der Waals surface area contributed by atoms with Gasteiger partial charge in [-0.25, -0.2) is 0 Å². The molecule has 0 unspecified atom stereocenters. The lowest BCUT2D eigenvalue weighted by molar-refractivity contribution is 0.172. The van der Waals surface area contributed by atoms with Gasteiger partial charge in [0.15, 0.2) is 5.96 Å². The number of nitrogens with zero attached hydrogens (tertiary/aromatic N) is 1. The predicted molar refractivity (Wildman–Crippen MR) is 95.7 cm³/mol. The average Bonchev–Trinajstić information content (AvgIpc) is 2.96. The van der Waals surface area contributed by atoms with E-state index in [9.17, 15) is 0 Å². The summed E-state index contributed by atoms with van der Waals surface area (Å²) in [5.41, 5.74) is 2.34. The van der Waals surface area contributed by atoms with Gasteiger partial charge in [-0.15, -0.1) is 24.0 Å². The van der Waals surface area contributed by atoms with Crippen molar-refractivity contribution in [1.29, 1.82) is 0 Å². The van der Waals surface area contributed by atoms with E-state index in [0.717, 1.165) is 43.4 Å². The topological polar surface area (TPSA) is 54.9 Å². The van der Waals surface area contributed by atoms with E-state index in [1.54, 1.807) is 7.11 Å². The fraction of sp³-hybridized carbons (Fsp3) is 0.533. The Morgan fingerprint density at radius 2 is 2.19 bits per heavy atom. The van der Waals surface area contributed by atoms with Crippen molar-refractivity contribution in [3.63, 3.8) is 0 Å². The second kappa shape index (κ2) is 9.83. The first-order chi connectivity index (χ1) is 9.79. The Kier molecular flexibility index (Phi) is 8.44. The van der Waals surface area contributed by atoms with Crippen LogP contribution < -0.4 is 15.4 Å². The summed E-state index contributed by atoms with van der Waals surface area (Å²) in [5, 5.41) is 6.49. The highest BCUT2D eigenvalue weighted by atomic mass is 127. The summed E-state index contributed by atoms with van der Waals surface area (Å²) in [6, 6.07) is 6.28. The van der Waals surface area contributed by atoms with Gasteiger partial charge >= 0.3 is 0 Å². The molecule has 1 aromatic carbocycles. The number of aryl methyl sites for hydroxylation is 1. The lowest BCUT2D eigenvalue weighted by atomic mass is 10.1. The van der Waals surface area contributed by atoms with Gasteiger partial charge in [0, 0.05) is 38.8 Å². The number of ether oxygens (including phenoxy) is 2. The van der Waals surface area contributed by atoms with Gasteiger partial charge in [0.25, 0.3) is 0 Å². The van der Waals surface area contributed by atoms with E-state index in [1.165, 1.54) is 5.56 Å². The summed E-state index contributed by atoms with van der Waals surface area (Å²) in [4.78, 5) is 4.32. The zero-order valence-electron chi connectivity index (χ0n) is 12.6. The highest BCUT2D eigenvalue weighted by Crippen LogP contribution is 2.20. The van der Waals surface area contributed by atoms with Crippen LogP contribution in [0.5, 0.6) is 5.75 Å². The van der Waals surface area contributed by atoms with E-state index in [2.05, 4.69) is 40.7 Å². The molecule has 0 aliphatic carbocycles. The van der Waals surface area contributed by atoms with Crippen molar-refractivity contribution in [3.8, 4) is 5.75 Å². The maximum absolute atomic E-state index is 5.85. The van der Waals surface area contributed by atoms with Crippen molar-refractivity contribution < 1.29 is 9.47 Å². The number of hydrogen-bond donors (Lipinski definition) is 2. The Morgan fingerprint density at radius 3 is 2.90 bits per heavy atom. The Hall–Kier alpha value is -1.02. The molecule has 6 heteroatoms. The molecule has 0 amide bonds. The predicted octanol–water partition coefficient (Wildman–Crippen LogP) is 2.08. The molecule has 1 aliphatic heterocycles. The Bertz CT molecular complexity index is 466. The van der Waals surface area contributed by atoms with Crippen LogP contribution >= 0.6 is 24.0 Å². The fourth-order valence-corrected chi connectivity index (χ4v) is 2.02. The third kappa shape index (κ3) is 6.09. The van der Waals surface area contributed by atoms with Crippen molar-refractivity contribution in [2.45, 2.75) is 19.9 Å². The van der Waals surface area contributed by atoms with Gasteiger partial charge in [0.1, 0.15) is 5.75 Å². The van der Waals surface area contributed by atoms with Gasteiger partial charge in [-0.3, -0.25) is 4.99 Å².